The first-order chi connectivity index (χ1) is 6.21. The first-order valence-corrected chi connectivity index (χ1v) is 9.69. The largest absolute Gasteiger partial charge is 0.248 e. The predicted molar refractivity (Wildman–Crippen MR) is 69.1 cm³/mol. The van der Waals surface area contributed by atoms with E-state index in [4.69, 9.17) is 0 Å². The standard InChI is InChI=1S/C9H19IN2S/c1-13(10,11-6-2-3-7-11)12-8-4-5-9-12/h2-9H2,1H3. The smallest absolute Gasteiger partial charge is 0.00926 e. The van der Waals surface area contributed by atoms with Gasteiger partial charge in [0.1, 0.15) is 0 Å². The van der Waals surface area contributed by atoms with Crippen LogP contribution in [0.1, 0.15) is 25.7 Å². The second-order valence-electron chi connectivity index (χ2n) is 4.01. The van der Waals surface area contributed by atoms with Crippen LogP contribution in [0.4, 0.5) is 0 Å². The lowest BCUT2D eigenvalue weighted by Gasteiger charge is -2.45. The van der Waals surface area contributed by atoms with Crippen LogP contribution in [0.5, 0.6) is 0 Å². The molecule has 0 unspecified atom stereocenters. The Bertz CT molecular complexity index is 156. The highest BCUT2D eigenvalue weighted by Gasteiger charge is 2.33. The summed E-state index contributed by atoms with van der Waals surface area (Å²) < 4.78 is 5.44. The average Bonchev–Trinajstić information content (AvgIpc) is 2.78. The summed E-state index contributed by atoms with van der Waals surface area (Å²) >= 11 is 2.72. The summed E-state index contributed by atoms with van der Waals surface area (Å²) in [6.07, 6.45) is 8.13. The van der Waals surface area contributed by atoms with Gasteiger partial charge in [-0.1, -0.05) is 7.57 Å². The normalized spacial score (nSPS) is 28.5. The zero-order valence-electron chi connectivity index (χ0n) is 8.34. The topological polar surface area (TPSA) is 6.48 Å². The predicted octanol–water partition coefficient (Wildman–Crippen LogP) is 2.79. The van der Waals surface area contributed by atoms with Crippen molar-refractivity contribution < 1.29 is 0 Å². The van der Waals surface area contributed by atoms with Crippen LogP contribution in [0.25, 0.3) is 0 Å². The van der Waals surface area contributed by atoms with Gasteiger partial charge in [0.15, 0.2) is 0 Å². The molecule has 0 amide bonds. The van der Waals surface area contributed by atoms with Gasteiger partial charge >= 0.3 is 0 Å². The molecule has 0 aromatic carbocycles. The van der Waals surface area contributed by atoms with Crippen molar-refractivity contribution in [2.75, 3.05) is 32.4 Å². The molecular formula is C9H19IN2S. The Morgan fingerprint density at radius 1 is 0.846 bits per heavy atom. The Morgan fingerprint density at radius 3 is 1.46 bits per heavy atom. The lowest BCUT2D eigenvalue weighted by atomic mass is 10.4. The molecule has 2 heterocycles. The Balaban J connectivity index is 1.99. The van der Waals surface area contributed by atoms with E-state index in [-0.39, 0.29) is 0 Å². The van der Waals surface area contributed by atoms with Crippen molar-refractivity contribution in [3.63, 3.8) is 0 Å². The highest BCUT2D eigenvalue weighted by Crippen LogP contribution is 2.61. The highest BCUT2D eigenvalue weighted by atomic mass is 127. The van der Waals surface area contributed by atoms with E-state index in [0.29, 0.717) is 0 Å². The van der Waals surface area contributed by atoms with Gasteiger partial charge in [-0.25, -0.2) is 8.61 Å². The summed E-state index contributed by atoms with van der Waals surface area (Å²) in [4.78, 5) is 0. The van der Waals surface area contributed by atoms with E-state index in [9.17, 15) is 0 Å². The van der Waals surface area contributed by atoms with Crippen molar-refractivity contribution in [2.45, 2.75) is 25.7 Å². The molecule has 4 heteroatoms. The Kier molecular flexibility index (Phi) is 3.43. The maximum atomic E-state index is 2.72. The van der Waals surface area contributed by atoms with E-state index in [1.54, 1.807) is 0 Å². The monoisotopic (exact) mass is 314 g/mol. The molecule has 0 N–H and O–H groups in total. The number of hydrogen-bond donors (Lipinski definition) is 0. The average molecular weight is 314 g/mol. The van der Waals surface area contributed by atoms with Crippen molar-refractivity contribution in [3.8, 4) is 0 Å². The first-order valence-electron chi connectivity index (χ1n) is 5.19. The minimum atomic E-state index is -0.602. The highest BCUT2D eigenvalue weighted by molar-refractivity contribution is 14.2. The van der Waals surface area contributed by atoms with Crippen LogP contribution in [0, 0.1) is 0 Å². The minimum Gasteiger partial charge on any atom is -0.248 e. The van der Waals surface area contributed by atoms with Gasteiger partial charge in [-0.3, -0.25) is 0 Å². The second kappa shape index (κ2) is 4.24. The quantitative estimate of drug-likeness (QED) is 0.723. The minimum absolute atomic E-state index is 0.602. The summed E-state index contributed by atoms with van der Waals surface area (Å²) in [5.41, 5.74) is 0. The third-order valence-electron chi connectivity index (χ3n) is 3.07. The van der Waals surface area contributed by atoms with Crippen LogP contribution in [0.2, 0.25) is 0 Å². The molecule has 2 saturated heterocycles. The number of hydrogen-bond acceptors (Lipinski definition) is 2. The lowest BCUT2D eigenvalue weighted by Crippen LogP contribution is -2.32. The number of rotatable bonds is 2. The number of nitrogens with zero attached hydrogens (tertiary/aromatic N) is 2. The molecule has 0 aromatic heterocycles. The fourth-order valence-corrected chi connectivity index (χ4v) is 6.75. The number of halogens is 1. The molecule has 0 bridgehead atoms. The van der Waals surface area contributed by atoms with Gasteiger partial charge in [-0.05, 0) is 31.9 Å². The van der Waals surface area contributed by atoms with Gasteiger partial charge in [0.25, 0.3) is 0 Å². The van der Waals surface area contributed by atoms with Crippen molar-refractivity contribution >= 4 is 28.8 Å². The van der Waals surface area contributed by atoms with Crippen LogP contribution in [0.15, 0.2) is 0 Å². The van der Waals surface area contributed by atoms with E-state index in [0.717, 1.165) is 0 Å². The van der Waals surface area contributed by atoms with Crippen LogP contribution < -0.4 is 0 Å². The first kappa shape index (κ1) is 10.5. The van der Waals surface area contributed by atoms with E-state index < -0.39 is 7.57 Å². The zero-order valence-corrected chi connectivity index (χ0v) is 11.3. The maximum absolute atomic E-state index is 2.72. The van der Waals surface area contributed by atoms with Crippen molar-refractivity contribution in [1.29, 1.82) is 0 Å². The molecule has 0 radical (unpaired) electrons. The summed E-state index contributed by atoms with van der Waals surface area (Å²) in [6.45, 7) is 5.35. The van der Waals surface area contributed by atoms with Gasteiger partial charge in [0.2, 0.25) is 0 Å². The Labute approximate surface area is 95.2 Å². The molecule has 0 aromatic rings. The molecule has 78 valence electrons. The zero-order chi connectivity index (χ0) is 9.31. The summed E-state index contributed by atoms with van der Waals surface area (Å²) in [7, 11) is -0.602. The third-order valence-corrected chi connectivity index (χ3v) is 9.03. The summed E-state index contributed by atoms with van der Waals surface area (Å²) in [6, 6.07) is 0. The third kappa shape index (κ3) is 2.16. The molecule has 2 nitrogen and oxygen atoms in total. The van der Waals surface area contributed by atoms with Gasteiger partial charge in [0.05, 0.1) is 0 Å². The van der Waals surface area contributed by atoms with E-state index in [1.165, 1.54) is 51.9 Å². The van der Waals surface area contributed by atoms with Crippen molar-refractivity contribution in [1.82, 2.24) is 8.61 Å². The molecule has 2 rings (SSSR count). The van der Waals surface area contributed by atoms with E-state index in [1.807, 2.05) is 0 Å². The molecule has 2 aliphatic rings. The SMILES string of the molecule is CS(I)(N1CCCC1)N1CCCC1. The maximum Gasteiger partial charge on any atom is 0.00926 e. The van der Waals surface area contributed by atoms with E-state index in [2.05, 4.69) is 36.1 Å². The van der Waals surface area contributed by atoms with Crippen LogP contribution in [0.3, 0.4) is 0 Å². The van der Waals surface area contributed by atoms with Gasteiger partial charge < -0.3 is 0 Å². The molecule has 2 aliphatic heterocycles. The van der Waals surface area contributed by atoms with Gasteiger partial charge in [-0.15, -0.1) is 0 Å². The summed E-state index contributed by atoms with van der Waals surface area (Å²) in [5, 5.41) is 0. The van der Waals surface area contributed by atoms with Gasteiger partial charge in [0, 0.05) is 47.4 Å². The Morgan fingerprint density at radius 2 is 1.15 bits per heavy atom. The second-order valence-corrected chi connectivity index (χ2v) is 11.5. The van der Waals surface area contributed by atoms with Crippen LogP contribution in [-0.2, 0) is 0 Å². The molecule has 0 atom stereocenters. The molecule has 2 fully saturated rings. The molecule has 13 heavy (non-hydrogen) atoms. The van der Waals surface area contributed by atoms with Gasteiger partial charge in [-0.2, -0.15) is 0 Å². The molecule has 0 saturated carbocycles. The van der Waals surface area contributed by atoms with Crippen LogP contribution >= 0.6 is 28.8 Å². The molecule has 0 spiro atoms. The van der Waals surface area contributed by atoms with Crippen molar-refractivity contribution in [2.24, 2.45) is 0 Å². The fraction of sp³-hybridized carbons (Fsp3) is 1.00. The Hall–Kier alpha value is 1.00. The fourth-order valence-electron chi connectivity index (χ4n) is 2.21. The van der Waals surface area contributed by atoms with Crippen molar-refractivity contribution in [3.05, 3.63) is 0 Å². The molecule has 0 aliphatic carbocycles. The van der Waals surface area contributed by atoms with E-state index >= 15 is 0 Å². The van der Waals surface area contributed by atoms with Crippen LogP contribution in [-0.4, -0.2) is 41.0 Å². The molecular weight excluding hydrogens is 295 g/mol. The lowest BCUT2D eigenvalue weighted by molar-refractivity contribution is 0.497. The summed E-state index contributed by atoms with van der Waals surface area (Å²) in [5.74, 6) is 0.